The fraction of sp³-hybridized carbons (Fsp3) is 0.476. The van der Waals surface area contributed by atoms with E-state index in [4.69, 9.17) is 16.3 Å². The van der Waals surface area contributed by atoms with Crippen LogP contribution in [0.15, 0.2) is 35.1 Å². The van der Waals surface area contributed by atoms with Crippen LogP contribution in [0.5, 0.6) is 5.88 Å². The van der Waals surface area contributed by atoms with Gasteiger partial charge in [-0.05, 0) is 43.9 Å². The van der Waals surface area contributed by atoms with Crippen molar-refractivity contribution in [3.8, 4) is 11.6 Å². The second-order valence-corrected chi connectivity index (χ2v) is 7.65. The van der Waals surface area contributed by atoms with E-state index in [2.05, 4.69) is 10.4 Å². The Morgan fingerprint density at radius 1 is 1.29 bits per heavy atom. The summed E-state index contributed by atoms with van der Waals surface area (Å²) in [4.78, 5) is 24.9. The molecule has 6 nitrogen and oxygen atoms in total. The highest BCUT2D eigenvalue weighted by molar-refractivity contribution is 6.30. The Bertz CT molecular complexity index is 891. The summed E-state index contributed by atoms with van der Waals surface area (Å²) in [5.41, 5.74) is 1.15. The summed E-state index contributed by atoms with van der Waals surface area (Å²) in [6.07, 6.45) is 5.41. The van der Waals surface area contributed by atoms with Crippen molar-refractivity contribution in [1.29, 1.82) is 0 Å². The number of nitrogens with one attached hydrogen (secondary N) is 1. The molecular weight excluding hydrogens is 378 g/mol. The zero-order chi connectivity index (χ0) is 20.1. The third kappa shape index (κ3) is 4.93. The minimum Gasteiger partial charge on any atom is -0.463 e. The maximum atomic E-state index is 12.6. The molecule has 1 amide bonds. The van der Waals surface area contributed by atoms with Crippen LogP contribution in [0.4, 0.5) is 0 Å². The molecule has 1 aromatic heterocycles. The fourth-order valence-electron chi connectivity index (χ4n) is 3.45. The van der Waals surface area contributed by atoms with Crippen molar-refractivity contribution in [3.63, 3.8) is 0 Å². The lowest BCUT2D eigenvalue weighted by Crippen LogP contribution is -2.44. The zero-order valence-corrected chi connectivity index (χ0v) is 17.0. The number of rotatable bonds is 6. The first kappa shape index (κ1) is 20.4. The van der Waals surface area contributed by atoms with E-state index in [0.29, 0.717) is 17.1 Å². The van der Waals surface area contributed by atoms with Crippen molar-refractivity contribution in [1.82, 2.24) is 15.1 Å². The van der Waals surface area contributed by atoms with Gasteiger partial charge in [0.15, 0.2) is 6.10 Å². The maximum absolute atomic E-state index is 12.6. The Hall–Kier alpha value is -2.34. The van der Waals surface area contributed by atoms with Crippen molar-refractivity contribution < 1.29 is 9.53 Å². The van der Waals surface area contributed by atoms with E-state index in [1.807, 2.05) is 19.9 Å². The smallest absolute Gasteiger partial charge is 0.271 e. The third-order valence-corrected chi connectivity index (χ3v) is 5.29. The molecule has 0 saturated heterocycles. The van der Waals surface area contributed by atoms with E-state index >= 15 is 0 Å². The normalized spacial score (nSPS) is 15.8. The molecule has 28 heavy (non-hydrogen) atoms. The number of ether oxygens (including phenoxy) is 1. The number of nitrogens with zero attached hydrogens (tertiary/aromatic N) is 2. The lowest BCUT2D eigenvalue weighted by molar-refractivity contribution is -0.129. The largest absolute Gasteiger partial charge is 0.463 e. The highest BCUT2D eigenvalue weighted by Crippen LogP contribution is 2.20. The standard InChI is InChI=1S/C21H26ClN3O3/c1-3-18(21(27)23-16-7-5-4-6-8-16)28-19-11-12-20(26)25(24-19)17-13-15(22)10-9-14(17)2/h9-13,16,18H,3-8H2,1-2H3,(H,23,27). The molecule has 1 aliphatic rings. The molecule has 2 aromatic rings. The maximum Gasteiger partial charge on any atom is 0.271 e. The van der Waals surface area contributed by atoms with E-state index in [1.54, 1.807) is 12.1 Å². The van der Waals surface area contributed by atoms with Crippen LogP contribution in [0.1, 0.15) is 51.0 Å². The molecular formula is C21H26ClN3O3. The molecule has 1 aromatic carbocycles. The molecule has 1 aliphatic carbocycles. The summed E-state index contributed by atoms with van der Waals surface area (Å²) < 4.78 is 7.09. The SMILES string of the molecule is CCC(Oc1ccc(=O)n(-c2cc(Cl)ccc2C)n1)C(=O)NC1CCCCC1. The van der Waals surface area contributed by atoms with Crippen LogP contribution in [0.25, 0.3) is 5.69 Å². The van der Waals surface area contributed by atoms with Crippen molar-refractivity contribution in [2.24, 2.45) is 0 Å². The second-order valence-electron chi connectivity index (χ2n) is 7.21. The van der Waals surface area contributed by atoms with Gasteiger partial charge in [0.2, 0.25) is 5.88 Å². The topological polar surface area (TPSA) is 73.2 Å². The average molecular weight is 404 g/mol. The van der Waals surface area contributed by atoms with Crippen LogP contribution >= 0.6 is 11.6 Å². The van der Waals surface area contributed by atoms with Gasteiger partial charge in [0.25, 0.3) is 11.5 Å². The van der Waals surface area contributed by atoms with Crippen LogP contribution in [0, 0.1) is 6.92 Å². The summed E-state index contributed by atoms with van der Waals surface area (Å²) in [6.45, 7) is 3.77. The molecule has 1 heterocycles. The van der Waals surface area contributed by atoms with Crippen LogP contribution in [0.2, 0.25) is 5.02 Å². The van der Waals surface area contributed by atoms with Gasteiger partial charge in [-0.3, -0.25) is 9.59 Å². The summed E-state index contributed by atoms with van der Waals surface area (Å²) >= 11 is 6.07. The average Bonchev–Trinajstić information content (AvgIpc) is 2.70. The molecule has 0 aliphatic heterocycles. The molecule has 0 bridgehead atoms. The van der Waals surface area contributed by atoms with Gasteiger partial charge >= 0.3 is 0 Å². The quantitative estimate of drug-likeness (QED) is 0.796. The molecule has 0 radical (unpaired) electrons. The molecule has 7 heteroatoms. The molecule has 1 fully saturated rings. The van der Waals surface area contributed by atoms with Gasteiger partial charge in [0, 0.05) is 23.2 Å². The predicted octanol–water partition coefficient (Wildman–Crippen LogP) is 3.80. The Balaban J connectivity index is 1.78. The Morgan fingerprint density at radius 2 is 2.04 bits per heavy atom. The first-order valence-electron chi connectivity index (χ1n) is 9.82. The molecule has 1 saturated carbocycles. The Kier molecular flexibility index (Phi) is 6.73. The van der Waals surface area contributed by atoms with Gasteiger partial charge in [-0.1, -0.05) is 43.9 Å². The van der Waals surface area contributed by atoms with Crippen LogP contribution in [0.3, 0.4) is 0 Å². The number of halogens is 1. The molecule has 3 rings (SSSR count). The van der Waals surface area contributed by atoms with E-state index in [9.17, 15) is 9.59 Å². The zero-order valence-electron chi connectivity index (χ0n) is 16.3. The number of hydrogen-bond acceptors (Lipinski definition) is 4. The molecule has 150 valence electrons. The Morgan fingerprint density at radius 3 is 2.75 bits per heavy atom. The van der Waals surface area contributed by atoms with E-state index in [0.717, 1.165) is 31.2 Å². The van der Waals surface area contributed by atoms with Gasteiger partial charge in [0.05, 0.1) is 5.69 Å². The van der Waals surface area contributed by atoms with Crippen LogP contribution in [-0.4, -0.2) is 27.8 Å². The number of aryl methyl sites for hydroxylation is 1. The molecule has 1 unspecified atom stereocenters. The van der Waals surface area contributed by atoms with Crippen molar-refractivity contribution in [2.75, 3.05) is 0 Å². The first-order valence-corrected chi connectivity index (χ1v) is 10.2. The van der Waals surface area contributed by atoms with Crippen LogP contribution < -0.4 is 15.6 Å². The number of carbonyl (C=O) groups is 1. The fourth-order valence-corrected chi connectivity index (χ4v) is 3.62. The lowest BCUT2D eigenvalue weighted by atomic mass is 9.95. The monoisotopic (exact) mass is 403 g/mol. The minimum atomic E-state index is -0.652. The summed E-state index contributed by atoms with van der Waals surface area (Å²) in [5, 5.41) is 7.90. The van der Waals surface area contributed by atoms with Crippen molar-refractivity contribution in [3.05, 3.63) is 51.3 Å². The lowest BCUT2D eigenvalue weighted by Gasteiger charge is -2.25. The second kappa shape index (κ2) is 9.24. The summed E-state index contributed by atoms with van der Waals surface area (Å²) in [5.74, 6) is 0.0949. The number of hydrogen-bond donors (Lipinski definition) is 1. The summed E-state index contributed by atoms with van der Waals surface area (Å²) in [6, 6.07) is 8.36. The number of carbonyl (C=O) groups excluding carboxylic acids is 1. The van der Waals surface area contributed by atoms with Gasteiger partial charge in [-0.2, -0.15) is 4.68 Å². The molecule has 1 atom stereocenters. The molecule has 0 spiro atoms. The van der Waals surface area contributed by atoms with Crippen molar-refractivity contribution in [2.45, 2.75) is 64.5 Å². The highest BCUT2D eigenvalue weighted by atomic mass is 35.5. The predicted molar refractivity (Wildman–Crippen MR) is 109 cm³/mol. The highest BCUT2D eigenvalue weighted by Gasteiger charge is 2.23. The summed E-state index contributed by atoms with van der Waals surface area (Å²) in [7, 11) is 0. The van der Waals surface area contributed by atoms with Gasteiger partial charge in [0.1, 0.15) is 0 Å². The number of amides is 1. The van der Waals surface area contributed by atoms with Crippen LogP contribution in [-0.2, 0) is 4.79 Å². The van der Waals surface area contributed by atoms with Gasteiger partial charge in [-0.15, -0.1) is 5.10 Å². The van der Waals surface area contributed by atoms with E-state index in [1.165, 1.54) is 23.2 Å². The van der Waals surface area contributed by atoms with Gasteiger partial charge < -0.3 is 10.1 Å². The number of benzene rings is 1. The first-order chi connectivity index (χ1) is 13.5. The van der Waals surface area contributed by atoms with E-state index in [-0.39, 0.29) is 23.4 Å². The van der Waals surface area contributed by atoms with Gasteiger partial charge in [-0.25, -0.2) is 0 Å². The minimum absolute atomic E-state index is 0.132. The Labute approximate surface area is 169 Å². The molecule has 1 N–H and O–H groups in total. The number of aromatic nitrogens is 2. The van der Waals surface area contributed by atoms with Crippen molar-refractivity contribution >= 4 is 17.5 Å². The van der Waals surface area contributed by atoms with E-state index < -0.39 is 6.10 Å². The third-order valence-electron chi connectivity index (χ3n) is 5.05.